The lowest BCUT2D eigenvalue weighted by atomic mass is 9.94. The number of aromatic nitrogens is 2. The smallest absolute Gasteiger partial charge is 0.239 e. The molecule has 5 N–H and O–H groups in total. The second kappa shape index (κ2) is 5.74. The van der Waals surface area contributed by atoms with Crippen LogP contribution in [0.2, 0.25) is 0 Å². The molecule has 7 heteroatoms. The average molecular weight is 243 g/mol. The molecule has 0 atom stereocenters. The van der Waals surface area contributed by atoms with Gasteiger partial charge in [-0.3, -0.25) is 5.43 Å². The number of hydrogen-bond acceptors (Lipinski definition) is 6. The Morgan fingerprint density at radius 1 is 1.47 bits per heavy atom. The van der Waals surface area contributed by atoms with Gasteiger partial charge in [-0.05, 0) is 12.8 Å². The molecule has 1 heterocycles. The maximum Gasteiger partial charge on any atom is 0.239 e. The van der Waals surface area contributed by atoms with Gasteiger partial charge in [0.1, 0.15) is 0 Å². The molecule has 1 aromatic heterocycles. The molecule has 0 aromatic carbocycles. The van der Waals surface area contributed by atoms with Crippen molar-refractivity contribution >= 4 is 11.8 Å². The number of rotatable bonds is 6. The lowest BCUT2D eigenvalue weighted by Gasteiger charge is -2.31. The van der Waals surface area contributed by atoms with Gasteiger partial charge in [-0.25, -0.2) is 15.2 Å². The van der Waals surface area contributed by atoms with E-state index in [9.17, 15) is 9.50 Å². The van der Waals surface area contributed by atoms with Crippen LogP contribution in [0, 0.1) is 5.82 Å². The van der Waals surface area contributed by atoms with E-state index in [-0.39, 0.29) is 18.4 Å². The number of nitrogens with two attached hydrogens (primary N) is 1. The van der Waals surface area contributed by atoms with Gasteiger partial charge in [0.05, 0.1) is 18.3 Å². The molecule has 0 unspecified atom stereocenters. The quantitative estimate of drug-likeness (QED) is 0.437. The van der Waals surface area contributed by atoms with Crippen LogP contribution in [0.5, 0.6) is 0 Å². The second-order valence-corrected chi connectivity index (χ2v) is 3.81. The van der Waals surface area contributed by atoms with Gasteiger partial charge in [-0.15, -0.1) is 0 Å². The van der Waals surface area contributed by atoms with Crippen molar-refractivity contribution in [2.75, 3.05) is 17.3 Å². The van der Waals surface area contributed by atoms with E-state index in [1.54, 1.807) is 0 Å². The maximum atomic E-state index is 13.5. The van der Waals surface area contributed by atoms with Crippen LogP contribution in [0.4, 0.5) is 16.2 Å². The van der Waals surface area contributed by atoms with Gasteiger partial charge in [-0.1, -0.05) is 13.8 Å². The van der Waals surface area contributed by atoms with Crippen LogP contribution >= 0.6 is 0 Å². The normalized spacial score (nSPS) is 11.4. The Balaban J connectivity index is 2.99. The van der Waals surface area contributed by atoms with E-state index in [0.29, 0.717) is 12.8 Å². The molecule has 6 nitrogen and oxygen atoms in total. The summed E-state index contributed by atoms with van der Waals surface area (Å²) in [6.45, 7) is 3.72. The van der Waals surface area contributed by atoms with Crippen LogP contribution in [0.3, 0.4) is 0 Å². The van der Waals surface area contributed by atoms with Crippen molar-refractivity contribution in [2.45, 2.75) is 32.2 Å². The first-order valence-corrected chi connectivity index (χ1v) is 5.49. The summed E-state index contributed by atoms with van der Waals surface area (Å²) in [5.74, 6) is 4.73. The van der Waals surface area contributed by atoms with Gasteiger partial charge in [0.25, 0.3) is 0 Å². The van der Waals surface area contributed by atoms with Gasteiger partial charge in [0.2, 0.25) is 5.95 Å². The number of hydrazine groups is 1. The van der Waals surface area contributed by atoms with Crippen molar-refractivity contribution in [1.82, 2.24) is 9.97 Å². The highest BCUT2D eigenvalue weighted by molar-refractivity contribution is 5.43. The van der Waals surface area contributed by atoms with Gasteiger partial charge < -0.3 is 10.4 Å². The van der Waals surface area contributed by atoms with Crippen LogP contribution in [0.25, 0.3) is 0 Å². The van der Waals surface area contributed by atoms with Gasteiger partial charge in [0.15, 0.2) is 11.6 Å². The molecule has 0 amide bonds. The van der Waals surface area contributed by atoms with E-state index < -0.39 is 11.4 Å². The Morgan fingerprint density at radius 2 is 2.12 bits per heavy atom. The van der Waals surface area contributed by atoms with Crippen molar-refractivity contribution in [3.05, 3.63) is 12.0 Å². The third-order valence-electron chi connectivity index (χ3n) is 2.91. The predicted molar refractivity (Wildman–Crippen MR) is 63.8 cm³/mol. The topological polar surface area (TPSA) is 96.1 Å². The fourth-order valence-corrected chi connectivity index (χ4v) is 1.47. The summed E-state index contributed by atoms with van der Waals surface area (Å²) in [4.78, 5) is 7.52. The molecule has 17 heavy (non-hydrogen) atoms. The van der Waals surface area contributed by atoms with E-state index in [2.05, 4.69) is 20.7 Å². The fourth-order valence-electron chi connectivity index (χ4n) is 1.47. The van der Waals surface area contributed by atoms with Crippen LogP contribution in [-0.4, -0.2) is 27.2 Å². The monoisotopic (exact) mass is 243 g/mol. The van der Waals surface area contributed by atoms with Crippen LogP contribution < -0.4 is 16.6 Å². The molecule has 0 saturated heterocycles. The first kappa shape index (κ1) is 13.6. The Hall–Kier alpha value is -1.47. The van der Waals surface area contributed by atoms with E-state index in [1.165, 1.54) is 0 Å². The Labute approximate surface area is 99.4 Å². The number of aliphatic hydroxyl groups is 1. The molecule has 1 aromatic rings. The van der Waals surface area contributed by atoms with E-state index in [1.807, 2.05) is 13.8 Å². The van der Waals surface area contributed by atoms with E-state index >= 15 is 0 Å². The summed E-state index contributed by atoms with van der Waals surface area (Å²) in [7, 11) is 0. The number of nitrogens with zero attached hydrogens (tertiary/aromatic N) is 2. The fraction of sp³-hybridized carbons (Fsp3) is 0.600. The van der Waals surface area contributed by atoms with E-state index in [4.69, 9.17) is 5.84 Å². The third-order valence-corrected chi connectivity index (χ3v) is 2.91. The van der Waals surface area contributed by atoms with Crippen molar-refractivity contribution in [3.8, 4) is 0 Å². The molecule has 96 valence electrons. The molecule has 0 saturated carbocycles. The summed E-state index contributed by atoms with van der Waals surface area (Å²) < 4.78 is 13.5. The number of halogens is 1. The molecule has 0 bridgehead atoms. The Kier molecular flexibility index (Phi) is 4.59. The summed E-state index contributed by atoms with van der Waals surface area (Å²) >= 11 is 0. The number of aliphatic hydroxyl groups excluding tert-OH is 1. The molecular weight excluding hydrogens is 225 g/mol. The number of nitrogens with one attached hydrogen (secondary N) is 2. The average Bonchev–Trinajstić information content (AvgIpc) is 2.38. The third kappa shape index (κ3) is 3.01. The Morgan fingerprint density at radius 3 is 2.59 bits per heavy atom. The SMILES string of the molecule is CCC(CC)(CO)Nc1nc(NN)ncc1F. The molecule has 0 spiro atoms. The summed E-state index contributed by atoms with van der Waals surface area (Å²) in [5.41, 5.74) is 1.66. The lowest BCUT2D eigenvalue weighted by Crippen LogP contribution is -2.41. The molecule has 0 radical (unpaired) electrons. The number of hydrogen-bond donors (Lipinski definition) is 4. The van der Waals surface area contributed by atoms with Crippen molar-refractivity contribution in [2.24, 2.45) is 5.84 Å². The zero-order valence-electron chi connectivity index (χ0n) is 10.00. The Bertz CT molecular complexity index is 361. The van der Waals surface area contributed by atoms with Crippen molar-refractivity contribution in [1.29, 1.82) is 0 Å². The highest BCUT2D eigenvalue weighted by Crippen LogP contribution is 2.22. The zero-order valence-corrected chi connectivity index (χ0v) is 10.00. The minimum absolute atomic E-state index is 0.0331. The van der Waals surface area contributed by atoms with Crippen LogP contribution in [-0.2, 0) is 0 Å². The number of anilines is 2. The number of nitrogen functional groups attached to an aromatic ring is 1. The van der Waals surface area contributed by atoms with Crippen LogP contribution in [0.1, 0.15) is 26.7 Å². The van der Waals surface area contributed by atoms with Gasteiger partial charge in [-0.2, -0.15) is 4.98 Å². The molecule has 0 aliphatic rings. The molecule has 0 fully saturated rings. The summed E-state index contributed by atoms with van der Waals surface area (Å²) in [5, 5.41) is 12.3. The largest absolute Gasteiger partial charge is 0.394 e. The highest BCUT2D eigenvalue weighted by atomic mass is 19.1. The standard InChI is InChI=1S/C10H18FN5O/c1-3-10(4-2,6-17)15-8-7(11)5-13-9(14-8)16-12/h5,17H,3-4,6,12H2,1-2H3,(H2,13,14,15,16). The maximum absolute atomic E-state index is 13.5. The molecule has 0 aliphatic heterocycles. The summed E-state index contributed by atoms with van der Waals surface area (Å²) in [6.07, 6.45) is 2.32. The lowest BCUT2D eigenvalue weighted by molar-refractivity contribution is 0.201. The molecule has 0 aliphatic carbocycles. The van der Waals surface area contributed by atoms with Crippen molar-refractivity contribution in [3.63, 3.8) is 0 Å². The molecular formula is C10H18FN5O. The van der Waals surface area contributed by atoms with E-state index in [0.717, 1.165) is 6.20 Å². The first-order valence-electron chi connectivity index (χ1n) is 5.49. The minimum atomic E-state index is -0.582. The molecule has 1 rings (SSSR count). The van der Waals surface area contributed by atoms with Gasteiger partial charge in [0, 0.05) is 0 Å². The summed E-state index contributed by atoms with van der Waals surface area (Å²) in [6, 6.07) is 0. The predicted octanol–water partition coefficient (Wildman–Crippen LogP) is 0.864. The van der Waals surface area contributed by atoms with Crippen molar-refractivity contribution < 1.29 is 9.50 Å². The van der Waals surface area contributed by atoms with Gasteiger partial charge >= 0.3 is 0 Å². The minimum Gasteiger partial charge on any atom is -0.394 e. The van der Waals surface area contributed by atoms with Crippen LogP contribution in [0.15, 0.2) is 6.20 Å². The zero-order chi connectivity index (χ0) is 12.9. The second-order valence-electron chi connectivity index (χ2n) is 3.81. The first-order chi connectivity index (χ1) is 8.10. The highest BCUT2D eigenvalue weighted by Gasteiger charge is 2.26.